The number of rotatable bonds is 21. The van der Waals surface area contributed by atoms with Gasteiger partial charge in [0, 0.05) is 0 Å². The standard InChI is InChI=1S/C25H50O2/c1-2-3-4-5-6-7-8-9-10-11-12-13-14-15-16-17-18-19-20-21-22-25-26-23-24-27-25/h25H,2-24H2,1H3. The van der Waals surface area contributed by atoms with Crippen molar-refractivity contribution in [3.63, 3.8) is 0 Å². The number of unbranched alkanes of at least 4 members (excludes halogenated alkanes) is 19. The molecule has 1 fully saturated rings. The average molecular weight is 383 g/mol. The Kier molecular flexibility index (Phi) is 19.1. The maximum absolute atomic E-state index is 5.47. The minimum absolute atomic E-state index is 0.112. The first-order chi connectivity index (χ1) is 13.4. The van der Waals surface area contributed by atoms with Crippen LogP contribution in [0.2, 0.25) is 0 Å². The van der Waals surface area contributed by atoms with E-state index in [-0.39, 0.29) is 6.29 Å². The second-order valence-electron chi connectivity index (χ2n) is 8.68. The van der Waals surface area contributed by atoms with Gasteiger partial charge in [-0.15, -0.1) is 0 Å². The molecule has 1 aliphatic rings. The highest BCUT2D eigenvalue weighted by Gasteiger charge is 2.14. The number of hydrogen-bond acceptors (Lipinski definition) is 2. The third-order valence-corrected chi connectivity index (χ3v) is 5.98. The number of hydrogen-bond donors (Lipinski definition) is 0. The lowest BCUT2D eigenvalue weighted by molar-refractivity contribution is -0.0480. The van der Waals surface area contributed by atoms with E-state index in [0.717, 1.165) is 19.6 Å². The molecule has 0 unspecified atom stereocenters. The lowest BCUT2D eigenvalue weighted by Gasteiger charge is -2.08. The van der Waals surface area contributed by atoms with Crippen molar-refractivity contribution in [2.75, 3.05) is 13.2 Å². The predicted molar refractivity (Wildman–Crippen MR) is 118 cm³/mol. The highest BCUT2D eigenvalue weighted by Crippen LogP contribution is 2.16. The normalized spacial score (nSPS) is 15.0. The Labute approximate surface area is 171 Å². The molecule has 2 heteroatoms. The molecular weight excluding hydrogens is 332 g/mol. The molecule has 1 heterocycles. The highest BCUT2D eigenvalue weighted by atomic mass is 16.7. The van der Waals surface area contributed by atoms with Crippen LogP contribution in [0.15, 0.2) is 0 Å². The zero-order chi connectivity index (χ0) is 19.3. The van der Waals surface area contributed by atoms with Gasteiger partial charge in [0.2, 0.25) is 0 Å². The van der Waals surface area contributed by atoms with Crippen molar-refractivity contribution in [2.45, 2.75) is 148 Å². The summed E-state index contributed by atoms with van der Waals surface area (Å²) in [6.07, 6.45) is 30.0. The first-order valence-corrected chi connectivity index (χ1v) is 12.7. The van der Waals surface area contributed by atoms with Gasteiger partial charge in [-0.1, -0.05) is 129 Å². The molecule has 0 aliphatic carbocycles. The average Bonchev–Trinajstić information content (AvgIpc) is 3.20. The second-order valence-corrected chi connectivity index (χ2v) is 8.68. The van der Waals surface area contributed by atoms with Gasteiger partial charge in [0.15, 0.2) is 6.29 Å². The fourth-order valence-corrected chi connectivity index (χ4v) is 4.14. The van der Waals surface area contributed by atoms with Crippen molar-refractivity contribution in [3.05, 3.63) is 0 Å². The molecule has 0 N–H and O–H groups in total. The van der Waals surface area contributed by atoms with Crippen molar-refractivity contribution in [2.24, 2.45) is 0 Å². The molecule has 0 atom stereocenters. The molecule has 0 radical (unpaired) electrons. The smallest absolute Gasteiger partial charge is 0.157 e. The second kappa shape index (κ2) is 20.6. The van der Waals surface area contributed by atoms with E-state index >= 15 is 0 Å². The van der Waals surface area contributed by atoms with Crippen molar-refractivity contribution in [3.8, 4) is 0 Å². The van der Waals surface area contributed by atoms with Crippen LogP contribution in [0.1, 0.15) is 142 Å². The molecule has 0 bridgehead atoms. The topological polar surface area (TPSA) is 18.5 Å². The molecule has 0 aromatic heterocycles. The van der Waals surface area contributed by atoms with E-state index in [2.05, 4.69) is 6.92 Å². The van der Waals surface area contributed by atoms with Crippen molar-refractivity contribution in [1.82, 2.24) is 0 Å². The minimum atomic E-state index is 0.112. The summed E-state index contributed by atoms with van der Waals surface area (Å²) in [4.78, 5) is 0. The largest absolute Gasteiger partial charge is 0.350 e. The van der Waals surface area contributed by atoms with Crippen molar-refractivity contribution < 1.29 is 9.47 Å². The van der Waals surface area contributed by atoms with E-state index in [4.69, 9.17) is 9.47 Å². The highest BCUT2D eigenvalue weighted by molar-refractivity contribution is 4.54. The van der Waals surface area contributed by atoms with Gasteiger partial charge in [0.1, 0.15) is 0 Å². The molecule has 2 nitrogen and oxygen atoms in total. The van der Waals surface area contributed by atoms with Gasteiger partial charge in [0.25, 0.3) is 0 Å². The molecule has 0 aromatic rings. The van der Waals surface area contributed by atoms with Gasteiger partial charge in [-0.3, -0.25) is 0 Å². The van der Waals surface area contributed by atoms with E-state index in [0.29, 0.717) is 0 Å². The molecule has 0 aromatic carbocycles. The van der Waals surface area contributed by atoms with E-state index < -0.39 is 0 Å². The summed E-state index contributed by atoms with van der Waals surface area (Å²) in [7, 11) is 0. The molecule has 162 valence electrons. The van der Waals surface area contributed by atoms with E-state index in [1.54, 1.807) is 0 Å². The van der Waals surface area contributed by atoms with E-state index in [9.17, 15) is 0 Å². The van der Waals surface area contributed by atoms with Crippen LogP contribution in [0.4, 0.5) is 0 Å². The van der Waals surface area contributed by atoms with Crippen LogP contribution >= 0.6 is 0 Å². The molecule has 27 heavy (non-hydrogen) atoms. The number of ether oxygens (including phenoxy) is 2. The Morgan fingerprint density at radius 2 is 0.741 bits per heavy atom. The quantitative estimate of drug-likeness (QED) is 0.185. The molecule has 1 rings (SSSR count). The molecule has 1 saturated heterocycles. The molecule has 0 spiro atoms. The summed E-state index contributed by atoms with van der Waals surface area (Å²) in [5.41, 5.74) is 0. The maximum atomic E-state index is 5.47. The summed E-state index contributed by atoms with van der Waals surface area (Å²) in [5.74, 6) is 0. The van der Waals surface area contributed by atoms with Gasteiger partial charge in [-0.25, -0.2) is 0 Å². The Morgan fingerprint density at radius 1 is 0.444 bits per heavy atom. The molecule has 0 saturated carbocycles. The Bertz CT molecular complexity index is 273. The maximum Gasteiger partial charge on any atom is 0.157 e. The van der Waals surface area contributed by atoms with Gasteiger partial charge in [0.05, 0.1) is 13.2 Å². The third kappa shape index (κ3) is 17.7. The summed E-state index contributed by atoms with van der Waals surface area (Å²) < 4.78 is 10.9. The van der Waals surface area contributed by atoms with Gasteiger partial charge in [-0.2, -0.15) is 0 Å². The van der Waals surface area contributed by atoms with Crippen LogP contribution < -0.4 is 0 Å². The van der Waals surface area contributed by atoms with Crippen LogP contribution in [-0.4, -0.2) is 19.5 Å². The van der Waals surface area contributed by atoms with Crippen LogP contribution in [0.25, 0.3) is 0 Å². The fraction of sp³-hybridized carbons (Fsp3) is 1.00. The Balaban J connectivity index is 1.62. The predicted octanol–water partition coefficient (Wildman–Crippen LogP) is 8.57. The zero-order valence-electron chi connectivity index (χ0n) is 18.7. The van der Waals surface area contributed by atoms with Gasteiger partial charge < -0.3 is 9.47 Å². The van der Waals surface area contributed by atoms with Crippen molar-refractivity contribution >= 4 is 0 Å². The Hall–Kier alpha value is -0.0800. The molecular formula is C25H50O2. The zero-order valence-corrected chi connectivity index (χ0v) is 18.7. The third-order valence-electron chi connectivity index (χ3n) is 5.98. The first-order valence-electron chi connectivity index (χ1n) is 12.7. The van der Waals surface area contributed by atoms with E-state index in [1.807, 2.05) is 0 Å². The first kappa shape index (κ1) is 25.0. The van der Waals surface area contributed by atoms with Crippen LogP contribution in [0.5, 0.6) is 0 Å². The Morgan fingerprint density at radius 3 is 1.07 bits per heavy atom. The van der Waals surface area contributed by atoms with Gasteiger partial charge >= 0.3 is 0 Å². The minimum Gasteiger partial charge on any atom is -0.350 e. The summed E-state index contributed by atoms with van der Waals surface area (Å²) in [5, 5.41) is 0. The monoisotopic (exact) mass is 382 g/mol. The summed E-state index contributed by atoms with van der Waals surface area (Å²) in [6, 6.07) is 0. The van der Waals surface area contributed by atoms with Crippen molar-refractivity contribution in [1.29, 1.82) is 0 Å². The van der Waals surface area contributed by atoms with Crippen LogP contribution in [0, 0.1) is 0 Å². The van der Waals surface area contributed by atoms with Crippen LogP contribution in [0.3, 0.4) is 0 Å². The summed E-state index contributed by atoms with van der Waals surface area (Å²) >= 11 is 0. The lowest BCUT2D eigenvalue weighted by atomic mass is 10.0. The van der Waals surface area contributed by atoms with Crippen LogP contribution in [-0.2, 0) is 9.47 Å². The SMILES string of the molecule is CCCCCCCCCCCCCCCCCCCCCCC1OCCO1. The summed E-state index contributed by atoms with van der Waals surface area (Å²) in [6.45, 7) is 3.89. The van der Waals surface area contributed by atoms with Gasteiger partial charge in [-0.05, 0) is 12.8 Å². The molecule has 1 aliphatic heterocycles. The molecule has 0 amide bonds. The van der Waals surface area contributed by atoms with E-state index in [1.165, 1.54) is 128 Å². The fourth-order valence-electron chi connectivity index (χ4n) is 4.14. The lowest BCUT2D eigenvalue weighted by Crippen LogP contribution is -2.06.